The third kappa shape index (κ3) is 5.01. The Morgan fingerprint density at radius 1 is 1.06 bits per heavy atom. The van der Waals surface area contributed by atoms with Crippen molar-refractivity contribution in [2.45, 2.75) is 26.8 Å². The molecular formula is C26H26N6O. The first kappa shape index (κ1) is 22.0. The maximum absolute atomic E-state index is 9.25. The van der Waals surface area contributed by atoms with Crippen molar-refractivity contribution in [1.29, 1.82) is 5.26 Å². The first-order valence-corrected chi connectivity index (χ1v) is 10.9. The average molecular weight is 439 g/mol. The molecule has 0 atom stereocenters. The van der Waals surface area contributed by atoms with E-state index in [1.807, 2.05) is 61.7 Å². The van der Waals surface area contributed by atoms with Gasteiger partial charge in [0.05, 0.1) is 18.9 Å². The maximum atomic E-state index is 9.25. The second-order valence-corrected chi connectivity index (χ2v) is 7.74. The van der Waals surface area contributed by atoms with Gasteiger partial charge in [-0.15, -0.1) is 0 Å². The Bertz CT molecular complexity index is 1290. The number of nitriles is 1. The molecule has 0 amide bonds. The number of hydrogen-bond acceptors (Lipinski definition) is 6. The van der Waals surface area contributed by atoms with Gasteiger partial charge in [-0.2, -0.15) is 10.4 Å². The number of rotatable bonds is 8. The minimum Gasteiger partial charge on any atom is -0.497 e. The molecule has 0 fully saturated rings. The Morgan fingerprint density at radius 3 is 2.61 bits per heavy atom. The van der Waals surface area contributed by atoms with E-state index in [1.54, 1.807) is 11.8 Å². The van der Waals surface area contributed by atoms with Gasteiger partial charge in [-0.1, -0.05) is 37.3 Å². The van der Waals surface area contributed by atoms with Gasteiger partial charge in [-0.25, -0.2) is 9.97 Å². The van der Waals surface area contributed by atoms with E-state index in [1.165, 1.54) is 0 Å². The highest BCUT2D eigenvalue weighted by atomic mass is 16.5. The Morgan fingerprint density at radius 2 is 1.88 bits per heavy atom. The van der Waals surface area contributed by atoms with Crippen LogP contribution in [-0.2, 0) is 6.54 Å². The van der Waals surface area contributed by atoms with Gasteiger partial charge >= 0.3 is 0 Å². The zero-order valence-electron chi connectivity index (χ0n) is 19.0. The number of nitrogens with one attached hydrogen (secondary N) is 1. The van der Waals surface area contributed by atoms with Crippen molar-refractivity contribution in [2.24, 2.45) is 0 Å². The molecule has 7 heteroatoms. The first-order chi connectivity index (χ1) is 16.1. The number of aromatic nitrogens is 4. The molecule has 2 aromatic carbocycles. The Hall–Kier alpha value is -4.18. The van der Waals surface area contributed by atoms with Crippen molar-refractivity contribution in [2.75, 3.05) is 19.0 Å². The van der Waals surface area contributed by atoms with E-state index in [2.05, 4.69) is 24.4 Å². The van der Waals surface area contributed by atoms with E-state index in [-0.39, 0.29) is 6.54 Å². The summed E-state index contributed by atoms with van der Waals surface area (Å²) in [5.74, 6) is 2.14. The fourth-order valence-electron chi connectivity index (χ4n) is 3.62. The van der Waals surface area contributed by atoms with E-state index < -0.39 is 0 Å². The summed E-state index contributed by atoms with van der Waals surface area (Å²) in [4.78, 5) is 9.62. The molecular weight excluding hydrogens is 412 g/mol. The molecule has 2 aromatic heterocycles. The van der Waals surface area contributed by atoms with Crippen molar-refractivity contribution in [3.8, 4) is 45.7 Å². The number of anilines is 1. The number of ether oxygens (including phenoxy) is 1. The lowest BCUT2D eigenvalue weighted by Crippen LogP contribution is -2.04. The van der Waals surface area contributed by atoms with Gasteiger partial charge < -0.3 is 10.1 Å². The van der Waals surface area contributed by atoms with Crippen LogP contribution in [0.3, 0.4) is 0 Å². The van der Waals surface area contributed by atoms with Crippen LogP contribution in [0.5, 0.6) is 5.75 Å². The van der Waals surface area contributed by atoms with Crippen LogP contribution < -0.4 is 10.1 Å². The number of hydrogen-bond donors (Lipinski definition) is 1. The van der Waals surface area contributed by atoms with Crippen molar-refractivity contribution in [1.82, 2.24) is 19.7 Å². The number of benzene rings is 2. The molecule has 0 unspecified atom stereocenters. The van der Waals surface area contributed by atoms with Crippen LogP contribution in [0.15, 0.2) is 60.8 Å². The highest BCUT2D eigenvalue weighted by Crippen LogP contribution is 2.34. The maximum Gasteiger partial charge on any atom is 0.162 e. The molecule has 166 valence electrons. The lowest BCUT2D eigenvalue weighted by atomic mass is 10.0. The van der Waals surface area contributed by atoms with Gasteiger partial charge in [-0.05, 0) is 37.1 Å². The van der Waals surface area contributed by atoms with Crippen LogP contribution in [-0.4, -0.2) is 33.4 Å². The number of aryl methyl sites for hydroxylation is 1. The predicted molar refractivity (Wildman–Crippen MR) is 130 cm³/mol. The summed E-state index contributed by atoms with van der Waals surface area (Å²) in [6.45, 7) is 5.08. The number of methoxy groups -OCH3 is 1. The highest BCUT2D eigenvalue weighted by molar-refractivity contribution is 5.81. The molecule has 0 aliphatic carbocycles. The quantitative estimate of drug-likeness (QED) is 0.400. The van der Waals surface area contributed by atoms with Crippen molar-refractivity contribution < 1.29 is 4.74 Å². The fraction of sp³-hybridized carbons (Fsp3) is 0.231. The first-order valence-electron chi connectivity index (χ1n) is 10.9. The van der Waals surface area contributed by atoms with Crippen molar-refractivity contribution in [3.63, 3.8) is 0 Å². The molecule has 0 aliphatic rings. The standard InChI is InChI=1S/C26H26N6O/c1-4-11-28-24-16-23(29-26(30-24)19-8-6-5-7-9-19)22-17-32(12-10-27)31-25(22)20-13-18(2)14-21(15-20)33-3/h5-9,13-17H,4,11-12H2,1-3H3,(H,28,29,30). The fourth-order valence-corrected chi connectivity index (χ4v) is 3.62. The third-order valence-corrected chi connectivity index (χ3v) is 5.14. The summed E-state index contributed by atoms with van der Waals surface area (Å²) < 4.78 is 7.12. The molecule has 1 N–H and O–H groups in total. The summed E-state index contributed by atoms with van der Waals surface area (Å²) in [5, 5.41) is 17.4. The zero-order valence-corrected chi connectivity index (χ0v) is 19.0. The monoisotopic (exact) mass is 438 g/mol. The van der Waals surface area contributed by atoms with Crippen LogP contribution >= 0.6 is 0 Å². The topological polar surface area (TPSA) is 88.7 Å². The van der Waals surface area contributed by atoms with Crippen LogP contribution in [0.1, 0.15) is 18.9 Å². The lowest BCUT2D eigenvalue weighted by Gasteiger charge is -2.11. The van der Waals surface area contributed by atoms with Gasteiger partial charge in [0.2, 0.25) is 0 Å². The van der Waals surface area contributed by atoms with E-state index in [4.69, 9.17) is 19.8 Å². The Balaban J connectivity index is 1.91. The SMILES string of the molecule is CCCNc1cc(-c2cn(CC#N)nc2-c2cc(C)cc(OC)c2)nc(-c2ccccc2)n1. The van der Waals surface area contributed by atoms with E-state index in [0.717, 1.165) is 58.2 Å². The minimum atomic E-state index is 0.146. The van der Waals surface area contributed by atoms with Crippen LogP contribution in [0.2, 0.25) is 0 Å². The van der Waals surface area contributed by atoms with E-state index in [0.29, 0.717) is 5.82 Å². The second-order valence-electron chi connectivity index (χ2n) is 7.74. The summed E-state index contributed by atoms with van der Waals surface area (Å²) >= 11 is 0. The summed E-state index contributed by atoms with van der Waals surface area (Å²) in [7, 11) is 1.65. The largest absolute Gasteiger partial charge is 0.497 e. The van der Waals surface area contributed by atoms with Crippen molar-refractivity contribution >= 4 is 5.82 Å². The van der Waals surface area contributed by atoms with E-state index >= 15 is 0 Å². The van der Waals surface area contributed by atoms with Gasteiger partial charge in [0.15, 0.2) is 5.82 Å². The summed E-state index contributed by atoms with van der Waals surface area (Å²) in [6.07, 6.45) is 2.85. The molecule has 0 saturated carbocycles. The van der Waals surface area contributed by atoms with Crippen LogP contribution in [0, 0.1) is 18.3 Å². The molecule has 0 radical (unpaired) electrons. The van der Waals surface area contributed by atoms with E-state index in [9.17, 15) is 5.26 Å². The molecule has 4 rings (SSSR count). The second kappa shape index (κ2) is 9.96. The summed E-state index contributed by atoms with van der Waals surface area (Å²) in [5.41, 5.74) is 5.21. The van der Waals surface area contributed by atoms with Crippen LogP contribution in [0.4, 0.5) is 5.82 Å². The summed E-state index contributed by atoms with van der Waals surface area (Å²) in [6, 6.07) is 20.0. The minimum absolute atomic E-state index is 0.146. The van der Waals surface area contributed by atoms with Gasteiger partial charge in [-0.3, -0.25) is 4.68 Å². The molecule has 0 bridgehead atoms. The van der Waals surface area contributed by atoms with Crippen LogP contribution in [0.25, 0.3) is 33.9 Å². The van der Waals surface area contributed by atoms with Gasteiger partial charge in [0.25, 0.3) is 0 Å². The number of nitrogens with zero attached hydrogens (tertiary/aromatic N) is 5. The molecule has 4 aromatic rings. The Kier molecular flexibility index (Phi) is 6.65. The zero-order chi connectivity index (χ0) is 23.2. The Labute approximate surface area is 193 Å². The highest BCUT2D eigenvalue weighted by Gasteiger charge is 2.18. The molecule has 2 heterocycles. The molecule has 7 nitrogen and oxygen atoms in total. The smallest absolute Gasteiger partial charge is 0.162 e. The molecule has 0 spiro atoms. The normalized spacial score (nSPS) is 10.6. The van der Waals surface area contributed by atoms with Gasteiger partial charge in [0.1, 0.15) is 23.8 Å². The third-order valence-electron chi connectivity index (χ3n) is 5.14. The molecule has 33 heavy (non-hydrogen) atoms. The molecule has 0 aliphatic heterocycles. The predicted octanol–water partition coefficient (Wildman–Crippen LogP) is 5.34. The lowest BCUT2D eigenvalue weighted by molar-refractivity contribution is 0.414. The molecule has 0 saturated heterocycles. The van der Waals surface area contributed by atoms with Gasteiger partial charge in [0, 0.05) is 35.5 Å². The average Bonchev–Trinajstić information content (AvgIpc) is 3.27. The van der Waals surface area contributed by atoms with Crippen molar-refractivity contribution in [3.05, 3.63) is 66.4 Å².